The molecule has 1 aliphatic carbocycles. The third-order valence-electron chi connectivity index (χ3n) is 6.29. The summed E-state index contributed by atoms with van der Waals surface area (Å²) in [5.41, 5.74) is 3.79. The third-order valence-corrected chi connectivity index (χ3v) is 7.40. The number of ether oxygens (including phenoxy) is 2. The number of Topliss-reactive ketones (excluding diaryl/α,β-unsaturated/α-hetero) is 1. The van der Waals surface area contributed by atoms with Gasteiger partial charge in [0.15, 0.2) is 21.3 Å². The van der Waals surface area contributed by atoms with E-state index in [0.717, 1.165) is 35.1 Å². The molecule has 2 aliphatic rings. The van der Waals surface area contributed by atoms with Crippen LogP contribution in [0.4, 0.5) is 0 Å². The van der Waals surface area contributed by atoms with Crippen molar-refractivity contribution in [1.29, 1.82) is 0 Å². The highest BCUT2D eigenvalue weighted by atomic mass is 32.2. The monoisotopic (exact) mass is 451 g/mol. The van der Waals surface area contributed by atoms with Gasteiger partial charge in [-0.1, -0.05) is 18.2 Å². The van der Waals surface area contributed by atoms with E-state index in [-0.39, 0.29) is 25.3 Å². The van der Waals surface area contributed by atoms with Crippen LogP contribution in [0.2, 0.25) is 0 Å². The molecule has 2 heterocycles. The van der Waals surface area contributed by atoms with Crippen molar-refractivity contribution in [3.63, 3.8) is 0 Å². The minimum absolute atomic E-state index is 0. The number of fused-ring (bicyclic) bond motifs is 1. The van der Waals surface area contributed by atoms with Gasteiger partial charge in [-0.05, 0) is 66.8 Å². The molecule has 1 aliphatic heterocycles. The van der Waals surface area contributed by atoms with Gasteiger partial charge in [-0.3, -0.25) is 9.78 Å². The minimum atomic E-state index is -3.29. The molecular weight excluding hydrogens is 426 g/mol. The highest BCUT2D eigenvalue weighted by Gasteiger charge is 2.51. The quantitative estimate of drug-likeness (QED) is 0.556. The second-order valence-corrected chi connectivity index (χ2v) is 10.6. The van der Waals surface area contributed by atoms with E-state index >= 15 is 0 Å². The van der Waals surface area contributed by atoms with Crippen LogP contribution in [0, 0.1) is 6.92 Å². The van der Waals surface area contributed by atoms with E-state index in [2.05, 4.69) is 4.98 Å². The Labute approximate surface area is 188 Å². The SMILES string of the molecule is Cc1cc(CC(=O)C2(c3ccc4c(c3)OCO4)CC2)ncc1-c1cccc(S(C)(=O)=O)c1.[HH]. The van der Waals surface area contributed by atoms with Crippen molar-refractivity contribution in [1.82, 2.24) is 4.98 Å². The highest BCUT2D eigenvalue weighted by molar-refractivity contribution is 7.90. The lowest BCUT2D eigenvalue weighted by Gasteiger charge is -2.15. The average Bonchev–Trinajstić information content (AvgIpc) is 3.44. The number of ketones is 1. The number of sulfone groups is 1. The fourth-order valence-electron chi connectivity index (χ4n) is 4.29. The largest absolute Gasteiger partial charge is 0.454 e. The summed E-state index contributed by atoms with van der Waals surface area (Å²) < 4.78 is 34.6. The van der Waals surface area contributed by atoms with E-state index in [1.165, 1.54) is 6.26 Å². The summed E-state index contributed by atoms with van der Waals surface area (Å²) in [6.07, 6.45) is 4.81. The van der Waals surface area contributed by atoms with Crippen molar-refractivity contribution >= 4 is 15.6 Å². The van der Waals surface area contributed by atoms with E-state index in [1.807, 2.05) is 37.3 Å². The summed E-state index contributed by atoms with van der Waals surface area (Å²) in [5, 5.41) is 0. The summed E-state index contributed by atoms with van der Waals surface area (Å²) in [7, 11) is -3.29. The average molecular weight is 452 g/mol. The second-order valence-electron chi connectivity index (χ2n) is 8.54. The summed E-state index contributed by atoms with van der Waals surface area (Å²) in [6, 6.07) is 14.5. The number of aromatic nitrogens is 1. The number of aryl methyl sites for hydroxylation is 1. The number of carbonyl (C=O) groups excluding carboxylic acids is 1. The second kappa shape index (κ2) is 7.45. The van der Waals surface area contributed by atoms with Gasteiger partial charge >= 0.3 is 0 Å². The summed E-state index contributed by atoms with van der Waals surface area (Å²) in [4.78, 5) is 18.0. The Morgan fingerprint density at radius 2 is 1.88 bits per heavy atom. The molecule has 0 atom stereocenters. The molecule has 5 rings (SSSR count). The molecule has 32 heavy (non-hydrogen) atoms. The number of nitrogens with zero attached hydrogens (tertiary/aromatic N) is 1. The molecule has 3 aromatic rings. The first-order valence-corrected chi connectivity index (χ1v) is 12.3. The number of rotatable bonds is 6. The maximum absolute atomic E-state index is 13.2. The number of pyridine rings is 1. The van der Waals surface area contributed by atoms with E-state index < -0.39 is 15.3 Å². The number of hydrogen-bond acceptors (Lipinski definition) is 6. The standard InChI is InChI=1S/C25H23NO5S.H2/c1-16-10-19(26-14-21(16)17-4-3-5-20(11-17)32(2,28)29)13-24(27)25(8-9-25)18-6-7-22-23(12-18)31-15-30-22;/h3-7,10-12,14H,8-9,13,15H2,1-2H3;1H. The lowest BCUT2D eigenvalue weighted by molar-refractivity contribution is -0.120. The van der Waals surface area contributed by atoms with Crippen LogP contribution >= 0.6 is 0 Å². The summed E-state index contributed by atoms with van der Waals surface area (Å²) in [6.45, 7) is 2.16. The normalized spacial score (nSPS) is 16.1. The van der Waals surface area contributed by atoms with Crippen LogP contribution in [0.3, 0.4) is 0 Å². The summed E-state index contributed by atoms with van der Waals surface area (Å²) >= 11 is 0. The molecule has 1 saturated carbocycles. The Morgan fingerprint density at radius 3 is 2.59 bits per heavy atom. The Kier molecular flexibility index (Phi) is 4.82. The van der Waals surface area contributed by atoms with E-state index in [4.69, 9.17) is 9.47 Å². The predicted molar refractivity (Wildman–Crippen MR) is 122 cm³/mol. The van der Waals surface area contributed by atoms with Crippen LogP contribution in [0.1, 0.15) is 31.1 Å². The molecule has 1 fully saturated rings. The van der Waals surface area contributed by atoms with Crippen LogP contribution < -0.4 is 9.47 Å². The third kappa shape index (κ3) is 3.66. The zero-order valence-corrected chi connectivity index (χ0v) is 18.7. The fraction of sp³-hybridized carbons (Fsp3) is 0.280. The van der Waals surface area contributed by atoms with Crippen LogP contribution in [0.15, 0.2) is 59.6 Å². The topological polar surface area (TPSA) is 82.6 Å². The van der Waals surface area contributed by atoms with E-state index in [9.17, 15) is 13.2 Å². The number of benzene rings is 2. The van der Waals surface area contributed by atoms with Crippen molar-refractivity contribution < 1.29 is 24.1 Å². The Morgan fingerprint density at radius 1 is 1.09 bits per heavy atom. The molecule has 166 valence electrons. The van der Waals surface area contributed by atoms with Gasteiger partial charge in [-0.15, -0.1) is 0 Å². The number of carbonyl (C=O) groups is 1. The van der Waals surface area contributed by atoms with Crippen molar-refractivity contribution in [3.05, 3.63) is 71.5 Å². The maximum atomic E-state index is 13.2. The van der Waals surface area contributed by atoms with Crippen molar-refractivity contribution in [2.45, 2.75) is 36.5 Å². The molecule has 2 aromatic carbocycles. The van der Waals surface area contributed by atoms with Crippen molar-refractivity contribution in [2.24, 2.45) is 0 Å². The lowest BCUT2D eigenvalue weighted by atomic mass is 9.88. The molecule has 0 spiro atoms. The van der Waals surface area contributed by atoms with Crippen LogP contribution in [-0.4, -0.2) is 32.2 Å². The molecule has 0 radical (unpaired) electrons. The van der Waals surface area contributed by atoms with Gasteiger partial charge in [-0.2, -0.15) is 0 Å². The first-order chi connectivity index (χ1) is 15.3. The Balaban J connectivity index is 0.00000259. The van der Waals surface area contributed by atoms with Crippen LogP contribution in [0.5, 0.6) is 11.5 Å². The molecule has 0 bridgehead atoms. The molecular formula is C25H25NO5S. The molecule has 7 heteroatoms. The number of hydrogen-bond donors (Lipinski definition) is 0. The van der Waals surface area contributed by atoms with Gasteiger partial charge in [0, 0.05) is 31.6 Å². The molecule has 6 nitrogen and oxygen atoms in total. The maximum Gasteiger partial charge on any atom is 0.231 e. The molecule has 0 unspecified atom stereocenters. The molecule has 0 saturated heterocycles. The minimum Gasteiger partial charge on any atom is -0.454 e. The Bertz CT molecular complexity index is 1350. The smallest absolute Gasteiger partial charge is 0.231 e. The summed E-state index contributed by atoms with van der Waals surface area (Å²) in [5.74, 6) is 1.55. The van der Waals surface area contributed by atoms with Crippen molar-refractivity contribution in [3.8, 4) is 22.6 Å². The highest BCUT2D eigenvalue weighted by Crippen LogP contribution is 2.51. The van der Waals surface area contributed by atoms with Gasteiger partial charge in [0.1, 0.15) is 5.78 Å². The van der Waals surface area contributed by atoms with E-state index in [0.29, 0.717) is 17.2 Å². The van der Waals surface area contributed by atoms with Gasteiger partial charge in [0.2, 0.25) is 6.79 Å². The predicted octanol–water partition coefficient (Wildman–Crippen LogP) is 4.28. The first-order valence-electron chi connectivity index (χ1n) is 10.5. The zero-order chi connectivity index (χ0) is 22.5. The van der Waals surface area contributed by atoms with Gasteiger partial charge in [0.05, 0.1) is 10.3 Å². The van der Waals surface area contributed by atoms with Crippen LogP contribution in [-0.2, 0) is 26.5 Å². The van der Waals surface area contributed by atoms with Gasteiger partial charge in [-0.25, -0.2) is 8.42 Å². The van der Waals surface area contributed by atoms with Crippen molar-refractivity contribution in [2.75, 3.05) is 13.0 Å². The molecule has 1 aromatic heterocycles. The first kappa shape index (κ1) is 20.7. The van der Waals surface area contributed by atoms with Gasteiger partial charge < -0.3 is 9.47 Å². The van der Waals surface area contributed by atoms with Gasteiger partial charge in [0.25, 0.3) is 0 Å². The molecule has 0 N–H and O–H groups in total. The van der Waals surface area contributed by atoms with E-state index in [1.54, 1.807) is 24.4 Å². The lowest BCUT2D eigenvalue weighted by Crippen LogP contribution is -2.23. The zero-order valence-electron chi connectivity index (χ0n) is 17.9. The fourth-order valence-corrected chi connectivity index (χ4v) is 4.96. The Hall–Kier alpha value is -3.19. The van der Waals surface area contributed by atoms with Crippen LogP contribution in [0.25, 0.3) is 11.1 Å². The molecule has 0 amide bonds.